The molecule has 17 heavy (non-hydrogen) atoms. The van der Waals surface area contributed by atoms with Crippen molar-refractivity contribution in [1.29, 1.82) is 0 Å². The molecule has 0 aromatic carbocycles. The van der Waals surface area contributed by atoms with Crippen LogP contribution in [0.3, 0.4) is 0 Å². The molecule has 0 N–H and O–H groups in total. The molecule has 2 heterocycles. The van der Waals surface area contributed by atoms with E-state index < -0.39 is 0 Å². The number of carbonyl (C=O) groups is 1. The van der Waals surface area contributed by atoms with Crippen LogP contribution in [0.2, 0.25) is 0 Å². The normalized spacial score (nSPS) is 20.9. The van der Waals surface area contributed by atoms with Gasteiger partial charge in [0, 0.05) is 40.2 Å². The van der Waals surface area contributed by atoms with Gasteiger partial charge in [0.1, 0.15) is 5.01 Å². The van der Waals surface area contributed by atoms with Crippen LogP contribution in [0.5, 0.6) is 0 Å². The smallest absolute Gasteiger partial charge is 0.283 e. The molecule has 94 valence electrons. The number of rotatable bonds is 1. The van der Waals surface area contributed by atoms with Gasteiger partial charge in [-0.05, 0) is 18.3 Å². The minimum atomic E-state index is 0.137. The average molecular weight is 364 g/mol. The Balaban J connectivity index is 2.23. The molecule has 1 amide bonds. The summed E-state index contributed by atoms with van der Waals surface area (Å²) in [6.45, 7) is 7.46. The van der Waals surface area contributed by atoms with E-state index in [0.29, 0.717) is 0 Å². The molecular formula is C12H17IN2OS. The molecule has 3 nitrogen and oxygen atoms in total. The first-order chi connectivity index (χ1) is 7.89. The van der Waals surface area contributed by atoms with Crippen molar-refractivity contribution in [1.82, 2.24) is 9.88 Å². The second-order valence-corrected chi connectivity index (χ2v) is 7.40. The fourth-order valence-electron chi connectivity index (χ4n) is 2.02. The molecule has 1 aliphatic rings. The topological polar surface area (TPSA) is 33.2 Å². The SMILES string of the molecule is CC(C)(C)c1cnc(C2CCCN2C(=O)I)s1. The molecule has 1 saturated heterocycles. The number of aromatic nitrogens is 1. The van der Waals surface area contributed by atoms with Crippen LogP contribution in [0.15, 0.2) is 6.20 Å². The minimum Gasteiger partial charge on any atom is -0.325 e. The maximum absolute atomic E-state index is 11.5. The summed E-state index contributed by atoms with van der Waals surface area (Å²) in [4.78, 5) is 19.3. The summed E-state index contributed by atoms with van der Waals surface area (Å²) in [5.41, 5.74) is 0.147. The summed E-state index contributed by atoms with van der Waals surface area (Å²) >= 11 is 3.62. The van der Waals surface area contributed by atoms with Crippen LogP contribution in [0.4, 0.5) is 4.79 Å². The summed E-state index contributed by atoms with van der Waals surface area (Å²) in [7, 11) is 0. The monoisotopic (exact) mass is 364 g/mol. The molecule has 1 aliphatic heterocycles. The Labute approximate surface area is 120 Å². The predicted molar refractivity (Wildman–Crippen MR) is 78.9 cm³/mol. The van der Waals surface area contributed by atoms with Crippen LogP contribution >= 0.6 is 33.9 Å². The zero-order valence-corrected chi connectivity index (χ0v) is 13.3. The van der Waals surface area contributed by atoms with E-state index in [2.05, 4.69) is 25.8 Å². The van der Waals surface area contributed by atoms with E-state index >= 15 is 0 Å². The van der Waals surface area contributed by atoms with E-state index in [0.717, 1.165) is 24.4 Å². The molecule has 1 fully saturated rings. The molecule has 0 radical (unpaired) electrons. The maximum atomic E-state index is 11.5. The molecule has 1 aromatic heterocycles. The number of hydrogen-bond acceptors (Lipinski definition) is 3. The first-order valence-corrected chi connectivity index (χ1v) is 7.71. The van der Waals surface area contributed by atoms with E-state index in [9.17, 15) is 4.79 Å². The van der Waals surface area contributed by atoms with Crippen molar-refractivity contribution >= 4 is 37.8 Å². The Morgan fingerprint density at radius 3 is 2.82 bits per heavy atom. The second kappa shape index (κ2) is 4.84. The Kier molecular flexibility index (Phi) is 3.77. The summed E-state index contributed by atoms with van der Waals surface area (Å²) in [6, 6.07) is 0.209. The Morgan fingerprint density at radius 2 is 2.29 bits per heavy atom. The highest BCUT2D eigenvalue weighted by molar-refractivity contribution is 14.1. The van der Waals surface area contributed by atoms with E-state index in [1.54, 1.807) is 11.3 Å². The lowest BCUT2D eigenvalue weighted by Crippen LogP contribution is -2.24. The fourth-order valence-corrected chi connectivity index (χ4v) is 3.72. The highest BCUT2D eigenvalue weighted by Crippen LogP contribution is 2.38. The minimum absolute atomic E-state index is 0.137. The Hall–Kier alpha value is -0.170. The number of halogens is 1. The van der Waals surface area contributed by atoms with Gasteiger partial charge < -0.3 is 4.90 Å². The summed E-state index contributed by atoms with van der Waals surface area (Å²) in [5, 5.41) is 1.09. The highest BCUT2D eigenvalue weighted by Gasteiger charge is 2.31. The molecule has 0 saturated carbocycles. The van der Waals surface area contributed by atoms with Crippen molar-refractivity contribution in [3.63, 3.8) is 0 Å². The van der Waals surface area contributed by atoms with E-state index in [-0.39, 0.29) is 15.4 Å². The van der Waals surface area contributed by atoms with Crippen LogP contribution in [0, 0.1) is 0 Å². The van der Waals surface area contributed by atoms with Crippen molar-refractivity contribution in [3.05, 3.63) is 16.1 Å². The molecule has 1 aromatic rings. The quantitative estimate of drug-likeness (QED) is 0.427. The summed E-state index contributed by atoms with van der Waals surface area (Å²) in [6.07, 6.45) is 4.10. The van der Waals surface area contributed by atoms with Crippen molar-refractivity contribution in [2.75, 3.05) is 6.54 Å². The molecule has 2 rings (SSSR count). The molecule has 5 heteroatoms. The van der Waals surface area contributed by atoms with Gasteiger partial charge in [-0.2, -0.15) is 0 Å². The van der Waals surface area contributed by atoms with Gasteiger partial charge in [0.05, 0.1) is 6.04 Å². The Bertz CT molecular complexity index is 424. The number of thiazole rings is 1. The third-order valence-corrected chi connectivity index (χ3v) is 5.17. The second-order valence-electron chi connectivity index (χ2n) is 5.42. The van der Waals surface area contributed by atoms with Gasteiger partial charge in [-0.3, -0.25) is 4.79 Å². The van der Waals surface area contributed by atoms with Gasteiger partial charge in [-0.25, -0.2) is 4.98 Å². The lowest BCUT2D eigenvalue weighted by atomic mass is 9.96. The van der Waals surface area contributed by atoms with Crippen LogP contribution < -0.4 is 0 Å². The third-order valence-electron chi connectivity index (χ3n) is 3.03. The maximum Gasteiger partial charge on any atom is 0.283 e. The number of amides is 1. The van der Waals surface area contributed by atoms with Crippen LogP contribution in [-0.4, -0.2) is 20.3 Å². The lowest BCUT2D eigenvalue weighted by molar-refractivity contribution is 0.221. The molecule has 0 aliphatic carbocycles. The summed E-state index contributed by atoms with van der Waals surface area (Å²) in [5.74, 6) is 0. The number of hydrogen-bond donors (Lipinski definition) is 0. The first-order valence-electron chi connectivity index (χ1n) is 5.82. The van der Waals surface area contributed by atoms with Crippen LogP contribution in [-0.2, 0) is 5.41 Å². The third kappa shape index (κ3) is 2.81. The predicted octanol–water partition coefficient (Wildman–Crippen LogP) is 4.13. The van der Waals surface area contributed by atoms with E-state index in [1.165, 1.54) is 4.88 Å². The average Bonchev–Trinajstić information content (AvgIpc) is 2.85. The standard InChI is InChI=1S/C12H17IN2OS/c1-12(2,3)9-7-14-10(17-9)8-5-4-6-15(8)11(13)16/h7-8H,4-6H2,1-3H3. The zero-order valence-electron chi connectivity index (χ0n) is 10.4. The number of likely N-dealkylation sites (tertiary alicyclic amines) is 1. The number of nitrogens with zero attached hydrogens (tertiary/aromatic N) is 2. The van der Waals surface area contributed by atoms with Gasteiger partial charge in [0.2, 0.25) is 0 Å². The van der Waals surface area contributed by atoms with Crippen molar-refractivity contribution in [2.24, 2.45) is 0 Å². The lowest BCUT2D eigenvalue weighted by Gasteiger charge is -2.20. The molecule has 1 atom stereocenters. The van der Waals surface area contributed by atoms with Crippen molar-refractivity contribution in [2.45, 2.75) is 45.1 Å². The fraction of sp³-hybridized carbons (Fsp3) is 0.667. The van der Waals surface area contributed by atoms with Gasteiger partial charge in [0.15, 0.2) is 0 Å². The largest absolute Gasteiger partial charge is 0.325 e. The Morgan fingerprint density at radius 1 is 1.59 bits per heavy atom. The van der Waals surface area contributed by atoms with Crippen LogP contribution in [0.1, 0.15) is 49.5 Å². The van der Waals surface area contributed by atoms with Gasteiger partial charge in [-0.15, -0.1) is 11.3 Å². The van der Waals surface area contributed by atoms with Gasteiger partial charge >= 0.3 is 0 Å². The van der Waals surface area contributed by atoms with E-state index in [1.807, 2.05) is 33.7 Å². The zero-order chi connectivity index (χ0) is 12.6. The number of carbonyl (C=O) groups excluding carboxylic acids is 1. The molecular weight excluding hydrogens is 347 g/mol. The first kappa shape index (κ1) is 13.3. The highest BCUT2D eigenvalue weighted by atomic mass is 127. The van der Waals surface area contributed by atoms with Gasteiger partial charge in [0.25, 0.3) is 3.91 Å². The van der Waals surface area contributed by atoms with Crippen molar-refractivity contribution in [3.8, 4) is 0 Å². The van der Waals surface area contributed by atoms with Gasteiger partial charge in [-0.1, -0.05) is 20.8 Å². The van der Waals surface area contributed by atoms with Crippen molar-refractivity contribution < 1.29 is 4.79 Å². The molecule has 0 bridgehead atoms. The molecule has 0 spiro atoms. The summed E-state index contributed by atoms with van der Waals surface area (Å²) < 4.78 is 0.137. The molecule has 1 unspecified atom stereocenters. The van der Waals surface area contributed by atoms with E-state index in [4.69, 9.17) is 0 Å². The van der Waals surface area contributed by atoms with Crippen LogP contribution in [0.25, 0.3) is 0 Å².